The van der Waals surface area contributed by atoms with Crippen molar-refractivity contribution < 1.29 is 17.6 Å². The van der Waals surface area contributed by atoms with Gasteiger partial charge in [-0.15, -0.1) is 0 Å². The molecule has 0 bridgehead atoms. The van der Waals surface area contributed by atoms with Gasteiger partial charge in [-0.3, -0.25) is 4.79 Å². The lowest BCUT2D eigenvalue weighted by Crippen LogP contribution is -2.47. The van der Waals surface area contributed by atoms with Gasteiger partial charge in [0.05, 0.1) is 5.75 Å². The largest absolute Gasteiger partial charge is 0.348 e. The predicted molar refractivity (Wildman–Crippen MR) is 106 cm³/mol. The maximum Gasteiger partial charge on any atom is 0.251 e. The van der Waals surface area contributed by atoms with Gasteiger partial charge in [0.2, 0.25) is 10.0 Å². The van der Waals surface area contributed by atoms with Gasteiger partial charge >= 0.3 is 0 Å². The van der Waals surface area contributed by atoms with Gasteiger partial charge in [-0.1, -0.05) is 24.3 Å². The van der Waals surface area contributed by atoms with Crippen LogP contribution in [0.5, 0.6) is 0 Å². The van der Waals surface area contributed by atoms with Crippen LogP contribution in [0.4, 0.5) is 4.39 Å². The summed E-state index contributed by atoms with van der Waals surface area (Å²) < 4.78 is 39.6. The zero-order chi connectivity index (χ0) is 20.1. The zero-order valence-corrected chi connectivity index (χ0v) is 16.6. The van der Waals surface area contributed by atoms with Gasteiger partial charge in [0.1, 0.15) is 5.82 Å². The molecule has 0 aromatic heterocycles. The molecule has 8 heteroatoms. The highest BCUT2D eigenvalue weighted by molar-refractivity contribution is 7.88. The van der Waals surface area contributed by atoms with E-state index >= 15 is 0 Å². The van der Waals surface area contributed by atoms with E-state index in [0.29, 0.717) is 30.8 Å². The van der Waals surface area contributed by atoms with Gasteiger partial charge in [-0.25, -0.2) is 12.8 Å². The van der Waals surface area contributed by atoms with Crippen molar-refractivity contribution in [1.82, 2.24) is 14.5 Å². The fourth-order valence-electron chi connectivity index (χ4n) is 3.01. The second kappa shape index (κ2) is 8.81. The average Bonchev–Trinajstić information content (AvgIpc) is 2.68. The third kappa shape index (κ3) is 5.37. The number of nitrogens with zero attached hydrogens (tertiary/aromatic N) is 2. The topological polar surface area (TPSA) is 69.7 Å². The number of rotatable bonds is 6. The van der Waals surface area contributed by atoms with Crippen LogP contribution in [0.25, 0.3) is 0 Å². The van der Waals surface area contributed by atoms with Crippen molar-refractivity contribution in [3.8, 4) is 0 Å². The summed E-state index contributed by atoms with van der Waals surface area (Å²) >= 11 is 0. The first-order valence-electron chi connectivity index (χ1n) is 9.11. The van der Waals surface area contributed by atoms with Crippen molar-refractivity contribution in [1.29, 1.82) is 0 Å². The van der Waals surface area contributed by atoms with Crippen molar-refractivity contribution in [3.05, 3.63) is 71.0 Å². The number of sulfonamides is 1. The van der Waals surface area contributed by atoms with Crippen LogP contribution >= 0.6 is 0 Å². The van der Waals surface area contributed by atoms with E-state index in [1.165, 1.54) is 16.4 Å². The SMILES string of the molecule is CN1CCN(S(=O)(=O)Cc2ccc(C(=O)NCc3ccc(F)cc3)cc2)CC1. The van der Waals surface area contributed by atoms with E-state index in [1.807, 2.05) is 7.05 Å². The third-order valence-electron chi connectivity index (χ3n) is 4.79. The Morgan fingerprint density at radius 1 is 0.964 bits per heavy atom. The van der Waals surface area contributed by atoms with Crippen LogP contribution in [0.15, 0.2) is 48.5 Å². The minimum atomic E-state index is -3.37. The first-order valence-corrected chi connectivity index (χ1v) is 10.7. The fourth-order valence-corrected chi connectivity index (χ4v) is 4.52. The highest BCUT2D eigenvalue weighted by atomic mass is 32.2. The van der Waals surface area contributed by atoms with Gasteiger partial charge < -0.3 is 10.2 Å². The van der Waals surface area contributed by atoms with E-state index in [1.54, 1.807) is 36.4 Å². The molecule has 1 saturated heterocycles. The molecule has 1 aliphatic rings. The summed E-state index contributed by atoms with van der Waals surface area (Å²) in [5.74, 6) is -0.663. The number of carbonyl (C=O) groups is 1. The molecule has 2 aromatic rings. The number of likely N-dealkylation sites (N-methyl/N-ethyl adjacent to an activating group) is 1. The lowest BCUT2D eigenvalue weighted by molar-refractivity contribution is 0.0951. The molecule has 1 fully saturated rings. The molecule has 0 unspecified atom stereocenters. The van der Waals surface area contributed by atoms with Gasteiger partial charge in [-0.05, 0) is 42.4 Å². The second-order valence-electron chi connectivity index (χ2n) is 6.96. The second-order valence-corrected chi connectivity index (χ2v) is 8.93. The third-order valence-corrected chi connectivity index (χ3v) is 6.64. The van der Waals surface area contributed by atoms with Gasteiger partial charge in [0.15, 0.2) is 0 Å². The average molecular weight is 405 g/mol. The zero-order valence-electron chi connectivity index (χ0n) is 15.8. The van der Waals surface area contributed by atoms with Crippen LogP contribution in [-0.4, -0.2) is 56.8 Å². The van der Waals surface area contributed by atoms with Crippen molar-refractivity contribution in [2.75, 3.05) is 33.2 Å². The summed E-state index contributed by atoms with van der Waals surface area (Å²) in [7, 11) is -1.39. The van der Waals surface area contributed by atoms with Crippen LogP contribution in [0, 0.1) is 5.82 Å². The summed E-state index contributed by atoms with van der Waals surface area (Å²) in [6.07, 6.45) is 0. The van der Waals surface area contributed by atoms with E-state index in [-0.39, 0.29) is 17.5 Å². The molecule has 1 heterocycles. The van der Waals surface area contributed by atoms with Gasteiger partial charge in [-0.2, -0.15) is 4.31 Å². The normalized spacial score (nSPS) is 16.1. The summed E-state index contributed by atoms with van der Waals surface area (Å²) in [6.45, 7) is 2.75. The van der Waals surface area contributed by atoms with Crippen LogP contribution < -0.4 is 5.32 Å². The maximum absolute atomic E-state index is 12.9. The van der Waals surface area contributed by atoms with E-state index in [2.05, 4.69) is 10.2 Å². The summed E-state index contributed by atoms with van der Waals surface area (Å²) in [6, 6.07) is 12.5. The summed E-state index contributed by atoms with van der Waals surface area (Å²) in [5, 5.41) is 2.77. The van der Waals surface area contributed by atoms with Gasteiger partial charge in [0, 0.05) is 38.3 Å². The number of amides is 1. The molecule has 2 aromatic carbocycles. The van der Waals surface area contributed by atoms with Crippen LogP contribution in [-0.2, 0) is 22.3 Å². The Morgan fingerprint density at radius 2 is 1.54 bits per heavy atom. The number of carbonyl (C=O) groups excluding carboxylic acids is 1. The molecule has 0 saturated carbocycles. The van der Waals surface area contributed by atoms with E-state index in [0.717, 1.165) is 18.7 Å². The number of halogens is 1. The maximum atomic E-state index is 12.9. The highest BCUT2D eigenvalue weighted by Gasteiger charge is 2.25. The lowest BCUT2D eigenvalue weighted by Gasteiger charge is -2.31. The predicted octanol–water partition coefficient (Wildman–Crippen LogP) is 1.83. The number of hydrogen-bond donors (Lipinski definition) is 1. The molecule has 3 rings (SSSR count). The number of hydrogen-bond acceptors (Lipinski definition) is 4. The molecule has 0 spiro atoms. The molecular formula is C20H24FN3O3S. The fraction of sp³-hybridized carbons (Fsp3) is 0.350. The first-order chi connectivity index (χ1) is 13.3. The minimum absolute atomic E-state index is 0.0752. The van der Waals surface area contributed by atoms with Crippen molar-refractivity contribution in [3.63, 3.8) is 0 Å². The monoisotopic (exact) mass is 405 g/mol. The molecule has 1 aliphatic heterocycles. The van der Waals surface area contributed by atoms with Crippen molar-refractivity contribution in [2.24, 2.45) is 0 Å². The molecule has 0 aliphatic carbocycles. The highest BCUT2D eigenvalue weighted by Crippen LogP contribution is 2.14. The lowest BCUT2D eigenvalue weighted by atomic mass is 10.1. The molecule has 1 N–H and O–H groups in total. The standard InChI is InChI=1S/C20H24FN3O3S/c1-23-10-12-24(13-11-23)28(26,27)15-17-2-6-18(7-3-17)20(25)22-14-16-4-8-19(21)9-5-16/h2-9H,10-15H2,1H3,(H,22,25). The summed E-state index contributed by atoms with van der Waals surface area (Å²) in [4.78, 5) is 14.3. The van der Waals surface area contributed by atoms with Crippen molar-refractivity contribution >= 4 is 15.9 Å². The molecule has 150 valence electrons. The molecular weight excluding hydrogens is 381 g/mol. The molecule has 6 nitrogen and oxygen atoms in total. The molecule has 0 radical (unpaired) electrons. The van der Waals surface area contributed by atoms with Crippen LogP contribution in [0.1, 0.15) is 21.5 Å². The van der Waals surface area contributed by atoms with Gasteiger partial charge in [0.25, 0.3) is 5.91 Å². The minimum Gasteiger partial charge on any atom is -0.348 e. The van der Waals surface area contributed by atoms with E-state index < -0.39 is 10.0 Å². The van der Waals surface area contributed by atoms with Crippen LogP contribution in [0.2, 0.25) is 0 Å². The Labute approximate surface area is 165 Å². The Hall–Kier alpha value is -2.29. The smallest absolute Gasteiger partial charge is 0.251 e. The Morgan fingerprint density at radius 3 is 2.14 bits per heavy atom. The first kappa shape index (κ1) is 20.4. The molecule has 0 atom stereocenters. The molecule has 28 heavy (non-hydrogen) atoms. The quantitative estimate of drug-likeness (QED) is 0.796. The number of piperazine rings is 1. The summed E-state index contributed by atoms with van der Waals surface area (Å²) in [5.41, 5.74) is 1.89. The van der Waals surface area contributed by atoms with E-state index in [4.69, 9.17) is 0 Å². The van der Waals surface area contributed by atoms with Crippen molar-refractivity contribution in [2.45, 2.75) is 12.3 Å². The Bertz CT molecular complexity index is 907. The molecule has 1 amide bonds. The Kier molecular flexibility index (Phi) is 6.43. The number of nitrogens with one attached hydrogen (secondary N) is 1. The number of benzene rings is 2. The Balaban J connectivity index is 1.56. The van der Waals surface area contributed by atoms with Crippen LogP contribution in [0.3, 0.4) is 0 Å². The van der Waals surface area contributed by atoms with E-state index in [9.17, 15) is 17.6 Å².